The molecule has 0 N–H and O–H groups in total. The van der Waals surface area contributed by atoms with Crippen molar-refractivity contribution < 1.29 is 13.9 Å². The third-order valence-corrected chi connectivity index (χ3v) is 4.03. The van der Waals surface area contributed by atoms with Gasteiger partial charge in [0.2, 0.25) is 0 Å². The van der Waals surface area contributed by atoms with Crippen LogP contribution in [0.4, 0.5) is 4.39 Å². The highest BCUT2D eigenvalue weighted by molar-refractivity contribution is 5.92. The molecule has 3 aromatic rings. The zero-order valence-corrected chi connectivity index (χ0v) is 14.0. The quantitative estimate of drug-likeness (QED) is 0.339. The Hall–Kier alpha value is -2.94. The molecule has 0 aromatic heterocycles. The first-order valence-corrected chi connectivity index (χ1v) is 8.28. The first kappa shape index (κ1) is 16.9. The molecule has 0 fully saturated rings. The molecule has 3 aromatic carbocycles. The van der Waals surface area contributed by atoms with E-state index >= 15 is 0 Å². The van der Waals surface area contributed by atoms with Gasteiger partial charge in [0.25, 0.3) is 0 Å². The lowest BCUT2D eigenvalue weighted by Gasteiger charge is -2.07. The first-order valence-electron chi connectivity index (χ1n) is 8.28. The molecule has 2 nitrogen and oxygen atoms in total. The van der Waals surface area contributed by atoms with Gasteiger partial charge in [-0.05, 0) is 67.1 Å². The van der Waals surface area contributed by atoms with Crippen LogP contribution in [0.3, 0.4) is 0 Å². The van der Waals surface area contributed by atoms with Gasteiger partial charge in [0.15, 0.2) is 0 Å². The van der Waals surface area contributed by atoms with Crippen LogP contribution in [0.5, 0.6) is 5.75 Å². The molecule has 0 aliphatic heterocycles. The van der Waals surface area contributed by atoms with Crippen LogP contribution in [0.1, 0.15) is 29.3 Å². The van der Waals surface area contributed by atoms with Crippen molar-refractivity contribution in [1.29, 1.82) is 0 Å². The van der Waals surface area contributed by atoms with Crippen LogP contribution in [0.25, 0.3) is 10.8 Å². The maximum Gasteiger partial charge on any atom is 0.343 e. The number of hydrogen-bond donors (Lipinski definition) is 0. The van der Waals surface area contributed by atoms with Crippen molar-refractivity contribution in [3.05, 3.63) is 89.8 Å². The molecule has 0 amide bonds. The molecular weight excluding hydrogens is 315 g/mol. The largest absolute Gasteiger partial charge is 0.423 e. The van der Waals surface area contributed by atoms with Gasteiger partial charge in [-0.15, -0.1) is 0 Å². The second-order valence-electron chi connectivity index (χ2n) is 5.82. The fourth-order valence-electron chi connectivity index (χ4n) is 2.68. The summed E-state index contributed by atoms with van der Waals surface area (Å²) in [6, 6.07) is 17.2. The van der Waals surface area contributed by atoms with Gasteiger partial charge in [0, 0.05) is 5.39 Å². The minimum absolute atomic E-state index is 0.288. The molecule has 0 unspecified atom stereocenters. The maximum atomic E-state index is 13.7. The molecule has 0 aliphatic rings. The lowest BCUT2D eigenvalue weighted by Crippen LogP contribution is -2.08. The summed E-state index contributed by atoms with van der Waals surface area (Å²) in [6.45, 7) is 2.00. The average Bonchev–Trinajstić information content (AvgIpc) is 2.62. The molecule has 0 saturated carbocycles. The van der Waals surface area contributed by atoms with Crippen molar-refractivity contribution >= 4 is 16.7 Å². The van der Waals surface area contributed by atoms with E-state index in [-0.39, 0.29) is 5.82 Å². The number of esters is 1. The standard InChI is InChI=1S/C22H19FO2/c1-2-3-4-6-16-9-11-17(12-10-16)22(24)25-19-13-14-20-18(15-19)7-5-8-21(20)23/h2-3,5,7-15H,4,6H2,1H3/b3-2+. The lowest BCUT2D eigenvalue weighted by molar-refractivity contribution is 0.0735. The molecule has 126 valence electrons. The van der Waals surface area contributed by atoms with Gasteiger partial charge in [-0.2, -0.15) is 0 Å². The fourth-order valence-corrected chi connectivity index (χ4v) is 2.68. The van der Waals surface area contributed by atoms with Gasteiger partial charge in [-0.25, -0.2) is 9.18 Å². The summed E-state index contributed by atoms with van der Waals surface area (Å²) in [5.41, 5.74) is 1.67. The van der Waals surface area contributed by atoms with E-state index in [1.807, 2.05) is 25.1 Å². The molecular formula is C22H19FO2. The van der Waals surface area contributed by atoms with Gasteiger partial charge in [-0.3, -0.25) is 0 Å². The molecule has 0 heterocycles. The van der Waals surface area contributed by atoms with Crippen LogP contribution >= 0.6 is 0 Å². The molecule has 0 spiro atoms. The summed E-state index contributed by atoms with van der Waals surface area (Å²) in [4.78, 5) is 12.3. The predicted molar refractivity (Wildman–Crippen MR) is 98.4 cm³/mol. The number of halogens is 1. The van der Waals surface area contributed by atoms with Gasteiger partial charge in [0.05, 0.1) is 5.56 Å². The number of hydrogen-bond acceptors (Lipinski definition) is 2. The Labute approximate surface area is 146 Å². The number of carbonyl (C=O) groups is 1. The molecule has 3 rings (SSSR count). The van der Waals surface area contributed by atoms with Crippen LogP contribution in [0, 0.1) is 5.82 Å². The smallest absolute Gasteiger partial charge is 0.343 e. The number of ether oxygens (including phenoxy) is 1. The topological polar surface area (TPSA) is 26.3 Å². The van der Waals surface area contributed by atoms with E-state index in [1.54, 1.807) is 42.5 Å². The summed E-state index contributed by atoms with van der Waals surface area (Å²) >= 11 is 0. The second-order valence-corrected chi connectivity index (χ2v) is 5.82. The third-order valence-electron chi connectivity index (χ3n) is 4.03. The Kier molecular flexibility index (Phi) is 5.24. The van der Waals surface area contributed by atoms with Crippen molar-refractivity contribution in [2.24, 2.45) is 0 Å². The van der Waals surface area contributed by atoms with Crippen LogP contribution < -0.4 is 4.74 Å². The summed E-state index contributed by atoms with van der Waals surface area (Å²) in [7, 11) is 0. The molecule has 0 bridgehead atoms. The molecule has 0 radical (unpaired) electrons. The van der Waals surface area contributed by atoms with E-state index < -0.39 is 5.97 Å². The maximum absolute atomic E-state index is 13.7. The Morgan fingerprint density at radius 1 is 1.08 bits per heavy atom. The molecule has 0 saturated heterocycles. The highest BCUT2D eigenvalue weighted by atomic mass is 19.1. The molecule has 0 atom stereocenters. The van der Waals surface area contributed by atoms with Crippen LogP contribution in [0.15, 0.2) is 72.8 Å². The van der Waals surface area contributed by atoms with E-state index in [0.717, 1.165) is 12.8 Å². The number of rotatable bonds is 5. The highest BCUT2D eigenvalue weighted by Gasteiger charge is 2.10. The van der Waals surface area contributed by atoms with E-state index in [1.165, 1.54) is 11.6 Å². The van der Waals surface area contributed by atoms with Crippen LogP contribution in [-0.2, 0) is 6.42 Å². The minimum atomic E-state index is -0.421. The van der Waals surface area contributed by atoms with E-state index in [4.69, 9.17) is 4.74 Å². The van der Waals surface area contributed by atoms with Gasteiger partial charge in [-0.1, -0.05) is 36.4 Å². The monoisotopic (exact) mass is 334 g/mol. The molecule has 25 heavy (non-hydrogen) atoms. The summed E-state index contributed by atoms with van der Waals surface area (Å²) in [5, 5.41) is 1.21. The Balaban J connectivity index is 1.71. The van der Waals surface area contributed by atoms with E-state index in [2.05, 4.69) is 6.08 Å². The first-order chi connectivity index (χ1) is 12.2. The SMILES string of the molecule is C/C=C/CCc1ccc(C(=O)Oc2ccc3c(F)cccc3c2)cc1. The normalized spacial score (nSPS) is 11.1. The second kappa shape index (κ2) is 7.75. The Bertz CT molecular complexity index is 911. The predicted octanol–water partition coefficient (Wildman–Crippen LogP) is 5.71. The lowest BCUT2D eigenvalue weighted by atomic mass is 10.1. The number of benzene rings is 3. The number of allylic oxidation sites excluding steroid dienone is 2. The fraction of sp³-hybridized carbons (Fsp3) is 0.136. The van der Waals surface area contributed by atoms with Gasteiger partial charge in [0.1, 0.15) is 11.6 Å². The van der Waals surface area contributed by atoms with Gasteiger partial charge >= 0.3 is 5.97 Å². The van der Waals surface area contributed by atoms with Crippen molar-refractivity contribution in [3.8, 4) is 5.75 Å². The number of fused-ring (bicyclic) bond motifs is 1. The zero-order valence-electron chi connectivity index (χ0n) is 14.0. The summed E-state index contributed by atoms with van der Waals surface area (Å²) < 4.78 is 19.1. The van der Waals surface area contributed by atoms with Crippen molar-refractivity contribution in [2.45, 2.75) is 19.8 Å². The Morgan fingerprint density at radius 2 is 1.88 bits per heavy atom. The molecule has 0 aliphatic carbocycles. The number of carbonyl (C=O) groups excluding carboxylic acids is 1. The summed E-state index contributed by atoms with van der Waals surface area (Å²) in [6.07, 6.45) is 6.07. The number of aryl methyl sites for hydroxylation is 1. The highest BCUT2D eigenvalue weighted by Crippen LogP contribution is 2.23. The van der Waals surface area contributed by atoms with E-state index in [0.29, 0.717) is 22.1 Å². The van der Waals surface area contributed by atoms with Crippen molar-refractivity contribution in [2.75, 3.05) is 0 Å². The third kappa shape index (κ3) is 4.13. The van der Waals surface area contributed by atoms with Crippen LogP contribution in [-0.4, -0.2) is 5.97 Å². The van der Waals surface area contributed by atoms with Gasteiger partial charge < -0.3 is 4.74 Å². The van der Waals surface area contributed by atoms with Crippen molar-refractivity contribution in [3.63, 3.8) is 0 Å². The van der Waals surface area contributed by atoms with Crippen LogP contribution in [0.2, 0.25) is 0 Å². The Morgan fingerprint density at radius 3 is 2.64 bits per heavy atom. The van der Waals surface area contributed by atoms with E-state index in [9.17, 15) is 9.18 Å². The molecule has 3 heteroatoms. The average molecular weight is 334 g/mol. The zero-order chi connectivity index (χ0) is 17.6. The summed E-state index contributed by atoms with van der Waals surface area (Å²) in [5.74, 6) is -0.306. The minimum Gasteiger partial charge on any atom is -0.423 e. The van der Waals surface area contributed by atoms with Crippen molar-refractivity contribution in [1.82, 2.24) is 0 Å².